The van der Waals surface area contributed by atoms with Crippen molar-refractivity contribution in [3.63, 3.8) is 0 Å². The van der Waals surface area contributed by atoms with Gasteiger partial charge in [-0.3, -0.25) is 0 Å². The Morgan fingerprint density at radius 2 is 2.30 bits per heavy atom. The number of aliphatic hydroxyl groups is 1. The molecule has 0 amide bonds. The Kier molecular flexibility index (Phi) is 4.19. The minimum atomic E-state index is -3.79. The highest BCUT2D eigenvalue weighted by Gasteiger charge is 2.34. The maximum Gasteiger partial charge on any atom is 0.242 e. The summed E-state index contributed by atoms with van der Waals surface area (Å²) in [7, 11) is -2.32. The zero-order chi connectivity index (χ0) is 14.8. The lowest BCUT2D eigenvalue weighted by atomic mass is 10.1. The molecule has 0 saturated carbocycles. The number of ether oxygens (including phenoxy) is 2. The minimum absolute atomic E-state index is 0.0409. The van der Waals surface area contributed by atoms with Crippen molar-refractivity contribution in [3.8, 4) is 5.75 Å². The first kappa shape index (κ1) is 15.0. The van der Waals surface area contributed by atoms with Gasteiger partial charge in [-0.25, -0.2) is 13.1 Å². The van der Waals surface area contributed by atoms with E-state index in [9.17, 15) is 13.5 Å². The number of benzene rings is 1. The molecule has 8 heteroatoms. The molecule has 112 valence electrons. The molecule has 1 unspecified atom stereocenters. The Bertz CT molecular complexity index is 582. The van der Waals surface area contributed by atoms with Crippen molar-refractivity contribution in [3.05, 3.63) is 18.2 Å². The molecule has 1 saturated heterocycles. The van der Waals surface area contributed by atoms with E-state index in [0.29, 0.717) is 18.8 Å². The molecule has 1 atom stereocenters. The highest BCUT2D eigenvalue weighted by Crippen LogP contribution is 2.24. The van der Waals surface area contributed by atoms with Crippen LogP contribution >= 0.6 is 0 Å². The van der Waals surface area contributed by atoms with E-state index in [4.69, 9.17) is 15.2 Å². The Balaban J connectivity index is 2.14. The molecule has 1 aliphatic heterocycles. The summed E-state index contributed by atoms with van der Waals surface area (Å²) >= 11 is 0. The van der Waals surface area contributed by atoms with Crippen LogP contribution in [0.4, 0.5) is 5.69 Å². The summed E-state index contributed by atoms with van der Waals surface area (Å²) in [6.07, 6.45) is 0.396. The highest BCUT2D eigenvalue weighted by atomic mass is 32.2. The third kappa shape index (κ3) is 3.21. The standard InChI is InChI=1S/C12H18N2O5S/c1-18-9-2-3-11(10(13)6-9)20(16,17)14-7-12(15)4-5-19-8-12/h2-3,6,14-15H,4-5,7-8,13H2,1H3. The van der Waals surface area contributed by atoms with Crippen LogP contribution in [-0.4, -0.2) is 46.0 Å². The van der Waals surface area contributed by atoms with Crippen LogP contribution in [0.2, 0.25) is 0 Å². The topological polar surface area (TPSA) is 111 Å². The van der Waals surface area contributed by atoms with Gasteiger partial charge in [-0.15, -0.1) is 0 Å². The predicted molar refractivity (Wildman–Crippen MR) is 73.0 cm³/mol. The monoisotopic (exact) mass is 302 g/mol. The van der Waals surface area contributed by atoms with Crippen molar-refractivity contribution in [2.24, 2.45) is 0 Å². The zero-order valence-corrected chi connectivity index (χ0v) is 11.9. The molecule has 1 heterocycles. The number of hydrogen-bond donors (Lipinski definition) is 3. The number of nitrogens with one attached hydrogen (secondary N) is 1. The van der Waals surface area contributed by atoms with Crippen LogP contribution in [0.15, 0.2) is 23.1 Å². The zero-order valence-electron chi connectivity index (χ0n) is 11.1. The van der Waals surface area contributed by atoms with Crippen LogP contribution in [0.3, 0.4) is 0 Å². The Hall–Kier alpha value is -1.35. The van der Waals surface area contributed by atoms with Gasteiger partial charge >= 0.3 is 0 Å². The van der Waals surface area contributed by atoms with Gasteiger partial charge in [0, 0.05) is 25.6 Å². The summed E-state index contributed by atoms with van der Waals surface area (Å²) in [6, 6.07) is 4.31. The molecular formula is C12H18N2O5S. The van der Waals surface area contributed by atoms with Crippen molar-refractivity contribution < 1.29 is 23.0 Å². The van der Waals surface area contributed by atoms with Gasteiger partial charge in [-0.05, 0) is 12.1 Å². The highest BCUT2D eigenvalue weighted by molar-refractivity contribution is 7.89. The first-order valence-corrected chi connectivity index (χ1v) is 7.58. The third-order valence-corrected chi connectivity index (χ3v) is 4.66. The normalized spacial score (nSPS) is 22.9. The summed E-state index contributed by atoms with van der Waals surface area (Å²) in [5.41, 5.74) is 4.64. The maximum absolute atomic E-state index is 12.2. The van der Waals surface area contributed by atoms with E-state index < -0.39 is 15.6 Å². The predicted octanol–water partition coefficient (Wildman–Crippen LogP) is -0.293. The van der Waals surface area contributed by atoms with Gasteiger partial charge < -0.3 is 20.3 Å². The lowest BCUT2D eigenvalue weighted by Crippen LogP contribution is -2.43. The Morgan fingerprint density at radius 1 is 1.55 bits per heavy atom. The van der Waals surface area contributed by atoms with E-state index in [0.717, 1.165) is 0 Å². The molecule has 2 rings (SSSR count). The van der Waals surface area contributed by atoms with Crippen molar-refractivity contribution >= 4 is 15.7 Å². The SMILES string of the molecule is COc1ccc(S(=O)(=O)NCC2(O)CCOC2)c(N)c1. The van der Waals surface area contributed by atoms with Crippen molar-refractivity contribution in [2.45, 2.75) is 16.9 Å². The number of nitrogen functional groups attached to an aromatic ring is 1. The lowest BCUT2D eigenvalue weighted by Gasteiger charge is -2.21. The number of hydrogen-bond acceptors (Lipinski definition) is 6. The third-order valence-electron chi connectivity index (χ3n) is 3.18. The van der Waals surface area contributed by atoms with Gasteiger partial charge in [0.15, 0.2) is 0 Å². The fourth-order valence-electron chi connectivity index (χ4n) is 1.94. The summed E-state index contributed by atoms with van der Waals surface area (Å²) in [6.45, 7) is 0.428. The van der Waals surface area contributed by atoms with Gasteiger partial charge in [0.25, 0.3) is 0 Å². The van der Waals surface area contributed by atoms with Gasteiger partial charge in [0.05, 0.1) is 19.4 Å². The molecule has 1 fully saturated rings. The van der Waals surface area contributed by atoms with Crippen LogP contribution < -0.4 is 15.2 Å². The fourth-order valence-corrected chi connectivity index (χ4v) is 3.17. The number of anilines is 1. The van der Waals surface area contributed by atoms with E-state index in [1.54, 1.807) is 0 Å². The molecule has 7 nitrogen and oxygen atoms in total. The second-order valence-corrected chi connectivity index (χ2v) is 6.49. The maximum atomic E-state index is 12.2. The minimum Gasteiger partial charge on any atom is -0.497 e. The van der Waals surface area contributed by atoms with Gasteiger partial charge in [0.2, 0.25) is 10.0 Å². The molecule has 20 heavy (non-hydrogen) atoms. The summed E-state index contributed by atoms with van der Waals surface area (Å²) < 4.78 is 36.7. The molecule has 0 radical (unpaired) electrons. The summed E-state index contributed by atoms with van der Waals surface area (Å²) in [5, 5.41) is 10.0. The van der Waals surface area contributed by atoms with Crippen LogP contribution in [0, 0.1) is 0 Å². The largest absolute Gasteiger partial charge is 0.497 e. The fraction of sp³-hybridized carbons (Fsp3) is 0.500. The van der Waals surface area contributed by atoms with Crippen molar-refractivity contribution in [1.82, 2.24) is 4.72 Å². The second-order valence-electron chi connectivity index (χ2n) is 4.76. The first-order valence-electron chi connectivity index (χ1n) is 6.10. The summed E-state index contributed by atoms with van der Waals surface area (Å²) in [5.74, 6) is 0.476. The second kappa shape index (κ2) is 5.57. The van der Waals surface area contributed by atoms with Crippen molar-refractivity contribution in [2.75, 3.05) is 32.6 Å². The van der Waals surface area contributed by atoms with Crippen molar-refractivity contribution in [1.29, 1.82) is 0 Å². The van der Waals surface area contributed by atoms with E-state index >= 15 is 0 Å². The van der Waals surface area contributed by atoms with Crippen LogP contribution in [0.25, 0.3) is 0 Å². The average Bonchev–Trinajstić information content (AvgIpc) is 2.84. The molecule has 4 N–H and O–H groups in total. The number of sulfonamides is 1. The smallest absolute Gasteiger partial charge is 0.242 e. The molecule has 1 aliphatic rings. The molecule has 1 aromatic rings. The molecule has 0 aromatic heterocycles. The average molecular weight is 302 g/mol. The Labute approximate surface area is 117 Å². The quantitative estimate of drug-likeness (QED) is 0.644. The van der Waals surface area contributed by atoms with E-state index in [-0.39, 0.29) is 23.7 Å². The molecular weight excluding hydrogens is 284 g/mol. The molecule has 1 aromatic carbocycles. The van der Waals surface area contributed by atoms with Gasteiger partial charge in [-0.2, -0.15) is 0 Å². The van der Waals surface area contributed by atoms with Crippen LogP contribution in [0.5, 0.6) is 5.75 Å². The van der Waals surface area contributed by atoms with E-state index in [2.05, 4.69) is 4.72 Å². The van der Waals surface area contributed by atoms with Crippen LogP contribution in [-0.2, 0) is 14.8 Å². The summed E-state index contributed by atoms with van der Waals surface area (Å²) in [4.78, 5) is -0.0409. The van der Waals surface area contributed by atoms with E-state index in [1.165, 1.54) is 25.3 Å². The molecule has 0 spiro atoms. The molecule has 0 bridgehead atoms. The van der Waals surface area contributed by atoms with Gasteiger partial charge in [0.1, 0.15) is 16.2 Å². The first-order chi connectivity index (χ1) is 9.36. The molecule has 0 aliphatic carbocycles. The lowest BCUT2D eigenvalue weighted by molar-refractivity contribution is 0.0314. The number of methoxy groups -OCH3 is 1. The number of nitrogens with two attached hydrogens (primary N) is 1. The van der Waals surface area contributed by atoms with E-state index in [1.807, 2.05) is 0 Å². The van der Waals surface area contributed by atoms with Crippen LogP contribution in [0.1, 0.15) is 6.42 Å². The van der Waals surface area contributed by atoms with Gasteiger partial charge in [-0.1, -0.05) is 0 Å². The number of rotatable bonds is 5. The Morgan fingerprint density at radius 3 is 2.85 bits per heavy atom.